The number of hydrogen-bond donors (Lipinski definition) is 0. The minimum atomic E-state index is -0.208. The number of halogens is 1. The lowest BCUT2D eigenvalue weighted by atomic mass is 10.1. The van der Waals surface area contributed by atoms with Gasteiger partial charge in [0.2, 0.25) is 0 Å². The molecule has 0 aromatic heterocycles. The molecule has 0 radical (unpaired) electrons. The van der Waals surface area contributed by atoms with E-state index in [0.717, 1.165) is 6.42 Å². The van der Waals surface area contributed by atoms with Crippen LogP contribution in [0, 0.1) is 11.8 Å². The zero-order valence-corrected chi connectivity index (χ0v) is 5.64. The number of carbonyl (C=O) groups excluding carboxylic acids is 1. The summed E-state index contributed by atoms with van der Waals surface area (Å²) in [5, 5.41) is -0.208. The van der Waals surface area contributed by atoms with Gasteiger partial charge in [0.1, 0.15) is 0 Å². The summed E-state index contributed by atoms with van der Waals surface area (Å²) in [6, 6.07) is 0. The lowest BCUT2D eigenvalue weighted by Gasteiger charge is -2.06. The maximum absolute atomic E-state index is 11.0. The van der Waals surface area contributed by atoms with Crippen molar-refractivity contribution in [2.24, 2.45) is 11.8 Å². The molecule has 9 heavy (non-hydrogen) atoms. The molecule has 0 spiro atoms. The zero-order valence-electron chi connectivity index (χ0n) is 4.88. The molecule has 1 nitrogen and oxygen atoms in total. The van der Waals surface area contributed by atoms with Gasteiger partial charge >= 0.3 is 0 Å². The van der Waals surface area contributed by atoms with Gasteiger partial charge in [0.25, 0.3) is 0 Å². The third kappa shape index (κ3) is 0.584. The molecule has 0 aromatic carbocycles. The second-order valence-electron chi connectivity index (χ2n) is 2.70. The smallest absolute Gasteiger partial charge is 0.158 e. The van der Waals surface area contributed by atoms with Gasteiger partial charge in [-0.3, -0.25) is 4.79 Å². The first kappa shape index (κ1) is 5.48. The van der Waals surface area contributed by atoms with Crippen LogP contribution in [0.4, 0.5) is 0 Å². The van der Waals surface area contributed by atoms with E-state index in [1.807, 2.05) is 6.08 Å². The Kier molecular flexibility index (Phi) is 0.974. The number of alkyl halides is 1. The van der Waals surface area contributed by atoms with Gasteiger partial charge in [-0.1, -0.05) is 12.2 Å². The number of Topliss-reactive ketones (excluding diaryl/α,β-unsaturated/α-hetero) is 1. The largest absolute Gasteiger partial charge is 0.297 e. The van der Waals surface area contributed by atoms with Gasteiger partial charge in [0, 0.05) is 11.8 Å². The molecule has 2 bridgehead atoms. The van der Waals surface area contributed by atoms with Gasteiger partial charge in [-0.25, -0.2) is 0 Å². The van der Waals surface area contributed by atoms with Gasteiger partial charge in [-0.2, -0.15) is 0 Å². The Bertz CT molecular complexity index is 185. The minimum Gasteiger partial charge on any atom is -0.297 e. The Balaban J connectivity index is 2.36. The van der Waals surface area contributed by atoms with Crippen LogP contribution in [0.25, 0.3) is 0 Å². The number of carbonyl (C=O) groups is 1. The van der Waals surface area contributed by atoms with Crippen LogP contribution < -0.4 is 0 Å². The van der Waals surface area contributed by atoms with E-state index in [4.69, 9.17) is 11.6 Å². The molecule has 0 unspecified atom stereocenters. The lowest BCUT2D eigenvalue weighted by molar-refractivity contribution is -0.119. The summed E-state index contributed by atoms with van der Waals surface area (Å²) in [5.41, 5.74) is 0. The van der Waals surface area contributed by atoms with E-state index in [0.29, 0.717) is 5.92 Å². The summed E-state index contributed by atoms with van der Waals surface area (Å²) in [6.07, 6.45) is 5.00. The third-order valence-corrected chi connectivity index (χ3v) is 2.67. The van der Waals surface area contributed by atoms with Crippen molar-refractivity contribution < 1.29 is 4.79 Å². The molecule has 0 aromatic rings. The highest BCUT2D eigenvalue weighted by molar-refractivity contribution is 6.33. The fourth-order valence-corrected chi connectivity index (χ4v) is 1.92. The number of hydrogen-bond acceptors (Lipinski definition) is 1. The zero-order chi connectivity index (χ0) is 6.43. The summed E-state index contributed by atoms with van der Waals surface area (Å²) in [4.78, 5) is 11.0. The predicted octanol–water partition coefficient (Wildman–Crippen LogP) is 1.37. The molecular formula is C7H7ClO. The highest BCUT2D eigenvalue weighted by Crippen LogP contribution is 2.39. The maximum Gasteiger partial charge on any atom is 0.158 e. The molecule has 1 fully saturated rings. The summed E-state index contributed by atoms with van der Waals surface area (Å²) in [7, 11) is 0. The Labute approximate surface area is 58.7 Å². The molecule has 1 saturated carbocycles. The minimum absolute atomic E-state index is 0.164. The summed E-state index contributed by atoms with van der Waals surface area (Å²) < 4.78 is 0. The van der Waals surface area contributed by atoms with E-state index < -0.39 is 0 Å². The maximum atomic E-state index is 11.0. The second kappa shape index (κ2) is 1.60. The van der Waals surface area contributed by atoms with E-state index >= 15 is 0 Å². The second-order valence-corrected chi connectivity index (χ2v) is 3.17. The van der Waals surface area contributed by atoms with Crippen molar-refractivity contribution in [2.75, 3.05) is 0 Å². The van der Waals surface area contributed by atoms with Crippen LogP contribution in [0.3, 0.4) is 0 Å². The Hall–Kier alpha value is -0.300. The van der Waals surface area contributed by atoms with Crippen molar-refractivity contribution in [1.29, 1.82) is 0 Å². The summed E-state index contributed by atoms with van der Waals surface area (Å²) >= 11 is 5.76. The van der Waals surface area contributed by atoms with Crippen LogP contribution >= 0.6 is 11.6 Å². The molecular weight excluding hydrogens is 136 g/mol. The topological polar surface area (TPSA) is 17.1 Å². The first-order valence-electron chi connectivity index (χ1n) is 3.15. The number of fused-ring (bicyclic) bond motifs is 2. The van der Waals surface area contributed by atoms with Crippen LogP contribution in [0.2, 0.25) is 0 Å². The van der Waals surface area contributed by atoms with Crippen molar-refractivity contribution in [3.05, 3.63) is 12.2 Å². The Morgan fingerprint density at radius 3 is 2.67 bits per heavy atom. The van der Waals surface area contributed by atoms with Crippen molar-refractivity contribution >= 4 is 17.4 Å². The van der Waals surface area contributed by atoms with Gasteiger partial charge in [-0.15, -0.1) is 11.6 Å². The number of allylic oxidation sites excluding steroid dienone is 2. The van der Waals surface area contributed by atoms with Crippen molar-refractivity contribution in [1.82, 2.24) is 0 Å². The van der Waals surface area contributed by atoms with Crippen LogP contribution in [0.1, 0.15) is 6.42 Å². The van der Waals surface area contributed by atoms with Gasteiger partial charge in [0.15, 0.2) is 5.78 Å². The molecule has 0 heterocycles. The molecule has 2 heteroatoms. The predicted molar refractivity (Wildman–Crippen MR) is 35.4 cm³/mol. The van der Waals surface area contributed by atoms with Crippen LogP contribution in [-0.4, -0.2) is 11.2 Å². The molecule has 2 aliphatic carbocycles. The average molecular weight is 143 g/mol. The van der Waals surface area contributed by atoms with Crippen molar-refractivity contribution in [2.45, 2.75) is 11.8 Å². The molecule has 0 N–H and O–H groups in total. The van der Waals surface area contributed by atoms with E-state index in [-0.39, 0.29) is 17.1 Å². The fraction of sp³-hybridized carbons (Fsp3) is 0.571. The first-order valence-corrected chi connectivity index (χ1v) is 3.59. The molecule has 3 atom stereocenters. The van der Waals surface area contributed by atoms with E-state index in [1.54, 1.807) is 0 Å². The van der Waals surface area contributed by atoms with Crippen molar-refractivity contribution in [3.8, 4) is 0 Å². The highest BCUT2D eigenvalue weighted by atomic mass is 35.5. The molecule has 0 saturated heterocycles. The molecule has 2 rings (SSSR count). The molecule has 0 amide bonds. The Morgan fingerprint density at radius 1 is 1.56 bits per heavy atom. The number of rotatable bonds is 0. The summed E-state index contributed by atoms with van der Waals surface area (Å²) in [5.74, 6) is 0.742. The van der Waals surface area contributed by atoms with Crippen molar-refractivity contribution in [3.63, 3.8) is 0 Å². The SMILES string of the molecule is O=C1[C@@H]2C=C[C@H](C2)[C@H]1Cl. The average Bonchev–Trinajstić information content (AvgIpc) is 2.37. The standard InChI is InChI=1S/C7H7ClO/c8-6-4-1-2-5(3-4)7(6)9/h1-2,4-6H,3H2/t4-,5-,6-/m1/s1. The molecule has 48 valence electrons. The fourth-order valence-electron chi connectivity index (χ4n) is 1.57. The van der Waals surface area contributed by atoms with E-state index in [2.05, 4.69) is 6.08 Å². The quantitative estimate of drug-likeness (QED) is 0.369. The van der Waals surface area contributed by atoms with Gasteiger partial charge < -0.3 is 0 Å². The van der Waals surface area contributed by atoms with Crippen LogP contribution in [-0.2, 0) is 4.79 Å². The van der Waals surface area contributed by atoms with Crippen LogP contribution in [0.15, 0.2) is 12.2 Å². The lowest BCUT2D eigenvalue weighted by Crippen LogP contribution is -2.18. The normalized spacial score (nSPS) is 46.8. The van der Waals surface area contributed by atoms with E-state index in [1.165, 1.54) is 0 Å². The summed E-state index contributed by atoms with van der Waals surface area (Å²) in [6.45, 7) is 0. The monoisotopic (exact) mass is 142 g/mol. The van der Waals surface area contributed by atoms with E-state index in [9.17, 15) is 4.79 Å². The third-order valence-electron chi connectivity index (χ3n) is 2.13. The van der Waals surface area contributed by atoms with Gasteiger partial charge in [0.05, 0.1) is 5.38 Å². The first-order chi connectivity index (χ1) is 4.29. The molecule has 2 aliphatic rings. The Morgan fingerprint density at radius 2 is 2.33 bits per heavy atom. The van der Waals surface area contributed by atoms with Gasteiger partial charge in [-0.05, 0) is 6.42 Å². The number of ketones is 1. The highest BCUT2D eigenvalue weighted by Gasteiger charge is 2.41. The molecule has 0 aliphatic heterocycles. The van der Waals surface area contributed by atoms with Crippen LogP contribution in [0.5, 0.6) is 0 Å².